The second kappa shape index (κ2) is 9.62. The molecule has 1 fully saturated rings. The minimum absolute atomic E-state index is 0.285. The number of aromatic amines is 1. The van der Waals surface area contributed by atoms with Gasteiger partial charge in [-0.2, -0.15) is 0 Å². The van der Waals surface area contributed by atoms with Crippen LogP contribution in [0.2, 0.25) is 0 Å². The maximum Gasteiger partial charge on any atom is 0.332 e. The zero-order valence-corrected chi connectivity index (χ0v) is 22.0. The Labute approximate surface area is 226 Å². The number of H-pyrrole nitrogens is 1. The molecule has 6 rings (SSSR count). The third-order valence-electron chi connectivity index (χ3n) is 7.73. The molecule has 0 radical (unpaired) electrons. The fraction of sp³-hybridized carbons (Fsp3) is 0.258. The predicted octanol–water partition coefficient (Wildman–Crippen LogP) is 5.84. The second-order valence-electron chi connectivity index (χ2n) is 10.1. The van der Waals surface area contributed by atoms with Crippen LogP contribution < -0.4 is 15.0 Å². The van der Waals surface area contributed by atoms with Gasteiger partial charge in [-0.25, -0.2) is 9.69 Å². The molecule has 8 nitrogen and oxygen atoms in total. The number of anilines is 2. The van der Waals surface area contributed by atoms with Gasteiger partial charge >= 0.3 is 6.03 Å². The Morgan fingerprint density at radius 1 is 1.03 bits per heavy atom. The average molecular weight is 523 g/mol. The van der Waals surface area contributed by atoms with Crippen LogP contribution in [0.25, 0.3) is 10.9 Å². The number of rotatable bonds is 7. The van der Waals surface area contributed by atoms with Crippen LogP contribution in [0.5, 0.6) is 5.75 Å². The molecule has 0 aliphatic carbocycles. The molecule has 2 aliphatic heterocycles. The molecule has 1 saturated heterocycles. The van der Waals surface area contributed by atoms with E-state index in [2.05, 4.69) is 17.2 Å². The number of nitrogens with one attached hydrogen (secondary N) is 2. The number of amides is 4. The van der Waals surface area contributed by atoms with E-state index in [1.807, 2.05) is 43.3 Å². The molecule has 1 atom stereocenters. The minimum Gasteiger partial charge on any atom is -0.494 e. The first-order valence-electron chi connectivity index (χ1n) is 13.3. The Morgan fingerprint density at radius 3 is 2.51 bits per heavy atom. The number of para-hydroxylation sites is 1. The van der Waals surface area contributed by atoms with Crippen LogP contribution in [0.1, 0.15) is 48.3 Å². The number of hydrogen-bond acceptors (Lipinski definition) is 4. The molecule has 198 valence electrons. The van der Waals surface area contributed by atoms with Crippen molar-refractivity contribution in [3.05, 3.63) is 89.6 Å². The van der Waals surface area contributed by atoms with Crippen molar-refractivity contribution in [3.63, 3.8) is 0 Å². The van der Waals surface area contributed by atoms with Crippen molar-refractivity contribution in [3.8, 4) is 5.75 Å². The molecule has 0 spiro atoms. The SMILES string of the molecule is CCCCOc1ccc(NC(=O)c2ccc(N3C(=O)N4CCc5c([nH]c6ccccc56)C4(C)C3=O)cc2)cc1. The first kappa shape index (κ1) is 24.7. The lowest BCUT2D eigenvalue weighted by atomic mass is 9.87. The lowest BCUT2D eigenvalue weighted by molar-refractivity contribution is -0.125. The third kappa shape index (κ3) is 4.03. The summed E-state index contributed by atoms with van der Waals surface area (Å²) in [6.07, 6.45) is 2.73. The Balaban J connectivity index is 1.20. The molecule has 1 aromatic heterocycles. The van der Waals surface area contributed by atoms with Gasteiger partial charge in [0.2, 0.25) is 0 Å². The molecule has 2 N–H and O–H groups in total. The fourth-order valence-corrected chi connectivity index (χ4v) is 5.55. The summed E-state index contributed by atoms with van der Waals surface area (Å²) < 4.78 is 5.67. The van der Waals surface area contributed by atoms with E-state index in [0.29, 0.717) is 36.5 Å². The Kier molecular flexibility index (Phi) is 6.10. The van der Waals surface area contributed by atoms with E-state index in [1.54, 1.807) is 41.3 Å². The van der Waals surface area contributed by atoms with Crippen LogP contribution in [0.3, 0.4) is 0 Å². The Morgan fingerprint density at radius 2 is 1.77 bits per heavy atom. The number of fused-ring (bicyclic) bond motifs is 5. The summed E-state index contributed by atoms with van der Waals surface area (Å²) in [4.78, 5) is 46.4. The van der Waals surface area contributed by atoms with Crippen molar-refractivity contribution < 1.29 is 19.1 Å². The average Bonchev–Trinajstić information content (AvgIpc) is 3.43. The summed E-state index contributed by atoms with van der Waals surface area (Å²) in [5.74, 6) is 0.168. The molecular formula is C31H30N4O4. The normalized spacial score (nSPS) is 18.3. The van der Waals surface area contributed by atoms with E-state index >= 15 is 0 Å². The van der Waals surface area contributed by atoms with Crippen LogP contribution in [-0.4, -0.2) is 40.9 Å². The smallest absolute Gasteiger partial charge is 0.332 e. The fourth-order valence-electron chi connectivity index (χ4n) is 5.55. The molecule has 0 saturated carbocycles. The van der Waals surface area contributed by atoms with E-state index in [1.165, 1.54) is 4.90 Å². The van der Waals surface area contributed by atoms with Gasteiger partial charge in [0.05, 0.1) is 18.0 Å². The summed E-state index contributed by atoms with van der Waals surface area (Å²) in [5.41, 5.74) is 3.19. The number of unbranched alkanes of at least 4 members (excludes halogenated alkanes) is 1. The van der Waals surface area contributed by atoms with Crippen LogP contribution in [-0.2, 0) is 16.8 Å². The third-order valence-corrected chi connectivity index (χ3v) is 7.73. The lowest BCUT2D eigenvalue weighted by Gasteiger charge is -2.35. The van der Waals surface area contributed by atoms with Gasteiger partial charge in [0, 0.05) is 28.7 Å². The maximum absolute atomic E-state index is 13.8. The molecule has 2 aliphatic rings. The highest BCUT2D eigenvalue weighted by Crippen LogP contribution is 2.45. The number of nitrogens with zero attached hydrogens (tertiary/aromatic N) is 2. The molecular weight excluding hydrogens is 492 g/mol. The van der Waals surface area contributed by atoms with Gasteiger partial charge in [-0.3, -0.25) is 9.59 Å². The van der Waals surface area contributed by atoms with Crippen LogP contribution in [0.15, 0.2) is 72.8 Å². The largest absolute Gasteiger partial charge is 0.494 e. The van der Waals surface area contributed by atoms with Crippen molar-refractivity contribution in [2.24, 2.45) is 0 Å². The number of carbonyl (C=O) groups excluding carboxylic acids is 3. The van der Waals surface area contributed by atoms with Gasteiger partial charge < -0.3 is 19.9 Å². The minimum atomic E-state index is -1.12. The zero-order chi connectivity index (χ0) is 27.1. The first-order chi connectivity index (χ1) is 18.9. The lowest BCUT2D eigenvalue weighted by Crippen LogP contribution is -2.49. The number of aromatic nitrogens is 1. The van der Waals surface area contributed by atoms with Gasteiger partial charge in [-0.05, 0) is 79.9 Å². The van der Waals surface area contributed by atoms with E-state index in [-0.39, 0.29) is 17.8 Å². The Bertz CT molecular complexity index is 1570. The molecule has 3 heterocycles. The molecule has 3 aromatic carbocycles. The van der Waals surface area contributed by atoms with Gasteiger partial charge in [-0.15, -0.1) is 0 Å². The summed E-state index contributed by atoms with van der Waals surface area (Å²) >= 11 is 0. The van der Waals surface area contributed by atoms with Crippen molar-refractivity contribution in [1.29, 1.82) is 0 Å². The summed E-state index contributed by atoms with van der Waals surface area (Å²) in [7, 11) is 0. The second-order valence-corrected chi connectivity index (χ2v) is 10.1. The Hall–Kier alpha value is -4.59. The van der Waals surface area contributed by atoms with E-state index in [9.17, 15) is 14.4 Å². The molecule has 4 aromatic rings. The van der Waals surface area contributed by atoms with E-state index in [4.69, 9.17) is 4.74 Å². The summed E-state index contributed by atoms with van der Waals surface area (Å²) in [6.45, 7) is 5.04. The number of ether oxygens (including phenoxy) is 1. The topological polar surface area (TPSA) is 94.7 Å². The van der Waals surface area contributed by atoms with Crippen molar-refractivity contribution >= 4 is 40.1 Å². The molecule has 1 unspecified atom stereocenters. The molecule has 8 heteroatoms. The highest BCUT2D eigenvalue weighted by molar-refractivity contribution is 6.23. The van der Waals surface area contributed by atoms with Crippen molar-refractivity contribution in [2.45, 2.75) is 38.6 Å². The van der Waals surface area contributed by atoms with Gasteiger partial charge in [-0.1, -0.05) is 31.5 Å². The van der Waals surface area contributed by atoms with E-state index < -0.39 is 5.54 Å². The maximum atomic E-state index is 13.8. The van der Waals surface area contributed by atoms with Gasteiger partial charge in [0.25, 0.3) is 11.8 Å². The van der Waals surface area contributed by atoms with Crippen LogP contribution in [0.4, 0.5) is 16.2 Å². The summed E-state index contributed by atoms with van der Waals surface area (Å²) in [5, 5.41) is 3.96. The van der Waals surface area contributed by atoms with Crippen LogP contribution in [0, 0.1) is 0 Å². The number of carbonyl (C=O) groups is 3. The highest BCUT2D eigenvalue weighted by atomic mass is 16.5. The molecule has 39 heavy (non-hydrogen) atoms. The molecule has 4 amide bonds. The van der Waals surface area contributed by atoms with Crippen molar-refractivity contribution in [2.75, 3.05) is 23.4 Å². The number of urea groups is 1. The summed E-state index contributed by atoms with van der Waals surface area (Å²) in [6, 6.07) is 21.4. The van der Waals surface area contributed by atoms with Crippen LogP contribution >= 0.6 is 0 Å². The standard InChI is InChI=1S/C31H30N4O4/c1-3-4-19-39-23-15-11-21(12-16-23)32-28(36)20-9-13-22(14-10-20)35-29(37)31(2)27-25(17-18-34(31)30(35)38)24-7-5-6-8-26(24)33-27/h5-16,33H,3-4,17-19H2,1-2H3,(H,32,36). The number of hydrogen-bond donors (Lipinski definition) is 2. The quantitative estimate of drug-likeness (QED) is 0.236. The van der Waals surface area contributed by atoms with E-state index in [0.717, 1.165) is 40.8 Å². The zero-order valence-electron chi connectivity index (χ0n) is 22.0. The number of benzene rings is 3. The highest BCUT2D eigenvalue weighted by Gasteiger charge is 2.59. The van der Waals surface area contributed by atoms with Gasteiger partial charge in [0.15, 0.2) is 5.54 Å². The first-order valence-corrected chi connectivity index (χ1v) is 13.3. The number of imide groups is 1. The monoisotopic (exact) mass is 522 g/mol. The van der Waals surface area contributed by atoms with Crippen molar-refractivity contribution in [1.82, 2.24) is 9.88 Å². The predicted molar refractivity (Wildman–Crippen MR) is 150 cm³/mol. The molecule has 0 bridgehead atoms. The van der Waals surface area contributed by atoms with Gasteiger partial charge in [0.1, 0.15) is 5.75 Å².